The van der Waals surface area contributed by atoms with Gasteiger partial charge in [0.1, 0.15) is 11.5 Å². The molecule has 0 saturated carbocycles. The van der Waals surface area contributed by atoms with Crippen LogP contribution in [0.1, 0.15) is 37.4 Å². The topological polar surface area (TPSA) is 31.7 Å². The molecule has 0 bridgehead atoms. The molecule has 2 heterocycles. The molecule has 0 radical (unpaired) electrons. The Morgan fingerprint density at radius 2 is 2.20 bits per heavy atom. The standard InChI is InChI=1S/C16H29N3O/c1-12(2)17-9-14-8-16(20-13(14)3)11-19-7-6-15(10-19)18(4)5/h8,12,15,17H,6-7,9-11H2,1-5H3. The van der Waals surface area contributed by atoms with Crippen molar-refractivity contribution in [2.45, 2.75) is 52.4 Å². The lowest BCUT2D eigenvalue weighted by Gasteiger charge is -2.19. The number of rotatable bonds is 6. The van der Waals surface area contributed by atoms with Crippen LogP contribution in [0, 0.1) is 6.92 Å². The summed E-state index contributed by atoms with van der Waals surface area (Å²) in [5, 5.41) is 3.45. The van der Waals surface area contributed by atoms with E-state index < -0.39 is 0 Å². The third-order valence-electron chi connectivity index (χ3n) is 4.13. The van der Waals surface area contributed by atoms with Gasteiger partial charge in [-0.05, 0) is 33.5 Å². The van der Waals surface area contributed by atoms with Gasteiger partial charge in [0.15, 0.2) is 0 Å². The van der Waals surface area contributed by atoms with Crippen LogP contribution < -0.4 is 5.32 Å². The van der Waals surface area contributed by atoms with Crippen LogP contribution in [-0.4, -0.2) is 49.1 Å². The fourth-order valence-corrected chi connectivity index (χ4v) is 2.75. The van der Waals surface area contributed by atoms with E-state index in [1.165, 1.54) is 18.5 Å². The zero-order valence-corrected chi connectivity index (χ0v) is 13.6. The summed E-state index contributed by atoms with van der Waals surface area (Å²) in [6.45, 7) is 10.5. The van der Waals surface area contributed by atoms with E-state index in [9.17, 15) is 0 Å². The molecule has 0 spiro atoms. The third-order valence-corrected chi connectivity index (χ3v) is 4.13. The van der Waals surface area contributed by atoms with Crippen molar-refractivity contribution in [3.05, 3.63) is 23.2 Å². The first-order valence-corrected chi connectivity index (χ1v) is 7.66. The second-order valence-corrected chi connectivity index (χ2v) is 6.47. The Hall–Kier alpha value is -0.840. The van der Waals surface area contributed by atoms with Crippen molar-refractivity contribution >= 4 is 0 Å². The Morgan fingerprint density at radius 3 is 2.80 bits per heavy atom. The smallest absolute Gasteiger partial charge is 0.118 e. The summed E-state index contributed by atoms with van der Waals surface area (Å²) in [5.41, 5.74) is 1.29. The van der Waals surface area contributed by atoms with E-state index in [-0.39, 0.29) is 0 Å². The third kappa shape index (κ3) is 4.08. The van der Waals surface area contributed by atoms with Crippen LogP contribution in [0.15, 0.2) is 10.5 Å². The molecule has 1 aromatic heterocycles. The van der Waals surface area contributed by atoms with Gasteiger partial charge in [0.05, 0.1) is 6.54 Å². The molecule has 1 aromatic rings. The van der Waals surface area contributed by atoms with Gasteiger partial charge in [0, 0.05) is 37.3 Å². The summed E-state index contributed by atoms with van der Waals surface area (Å²) >= 11 is 0. The molecule has 4 nitrogen and oxygen atoms in total. The SMILES string of the molecule is Cc1oc(CN2CCC(N(C)C)C2)cc1CNC(C)C. The fourth-order valence-electron chi connectivity index (χ4n) is 2.75. The molecule has 2 rings (SSSR count). The molecule has 1 atom stereocenters. The zero-order valence-electron chi connectivity index (χ0n) is 13.6. The second kappa shape index (κ2) is 6.74. The summed E-state index contributed by atoms with van der Waals surface area (Å²) in [5.74, 6) is 2.15. The summed E-state index contributed by atoms with van der Waals surface area (Å²) in [6, 6.07) is 3.41. The minimum Gasteiger partial charge on any atom is -0.465 e. The van der Waals surface area contributed by atoms with Crippen LogP contribution in [0.5, 0.6) is 0 Å². The highest BCUT2D eigenvalue weighted by Gasteiger charge is 2.24. The van der Waals surface area contributed by atoms with Crippen LogP contribution in [-0.2, 0) is 13.1 Å². The molecule has 1 saturated heterocycles. The van der Waals surface area contributed by atoms with E-state index in [1.54, 1.807) is 0 Å². The molecule has 20 heavy (non-hydrogen) atoms. The average Bonchev–Trinajstić information content (AvgIpc) is 2.94. The number of hydrogen-bond donors (Lipinski definition) is 1. The minimum absolute atomic E-state index is 0.507. The van der Waals surface area contributed by atoms with Crippen molar-refractivity contribution in [2.75, 3.05) is 27.2 Å². The van der Waals surface area contributed by atoms with Gasteiger partial charge in [-0.3, -0.25) is 4.90 Å². The first-order chi connectivity index (χ1) is 9.45. The molecule has 1 N–H and O–H groups in total. The molecule has 1 aliphatic heterocycles. The van der Waals surface area contributed by atoms with E-state index >= 15 is 0 Å². The second-order valence-electron chi connectivity index (χ2n) is 6.47. The maximum atomic E-state index is 5.91. The highest BCUT2D eigenvalue weighted by Crippen LogP contribution is 2.20. The summed E-state index contributed by atoms with van der Waals surface area (Å²) < 4.78 is 5.91. The molecular formula is C16H29N3O. The van der Waals surface area contributed by atoms with E-state index in [0.717, 1.165) is 31.2 Å². The lowest BCUT2D eigenvalue weighted by atomic mass is 10.2. The minimum atomic E-state index is 0.507. The molecule has 114 valence electrons. The van der Waals surface area contributed by atoms with Gasteiger partial charge in [0.2, 0.25) is 0 Å². The Labute approximate surface area is 123 Å². The number of hydrogen-bond acceptors (Lipinski definition) is 4. The van der Waals surface area contributed by atoms with Crippen LogP contribution in [0.4, 0.5) is 0 Å². The normalized spacial score (nSPS) is 20.4. The van der Waals surface area contributed by atoms with Crippen molar-refractivity contribution in [1.29, 1.82) is 0 Å². The summed E-state index contributed by atoms with van der Waals surface area (Å²) in [7, 11) is 4.34. The van der Waals surface area contributed by atoms with Crippen LogP contribution >= 0.6 is 0 Å². The van der Waals surface area contributed by atoms with Gasteiger partial charge < -0.3 is 14.6 Å². The summed E-state index contributed by atoms with van der Waals surface area (Å²) in [6.07, 6.45) is 1.26. The number of furan rings is 1. The molecule has 4 heteroatoms. The number of likely N-dealkylation sites (N-methyl/N-ethyl adjacent to an activating group) is 1. The molecule has 1 aliphatic rings. The van der Waals surface area contributed by atoms with Gasteiger partial charge in [-0.2, -0.15) is 0 Å². The average molecular weight is 279 g/mol. The van der Waals surface area contributed by atoms with E-state index in [2.05, 4.69) is 56.0 Å². The zero-order chi connectivity index (χ0) is 14.7. The highest BCUT2D eigenvalue weighted by atomic mass is 16.3. The number of nitrogens with zero attached hydrogens (tertiary/aromatic N) is 2. The fraction of sp³-hybridized carbons (Fsp3) is 0.750. The van der Waals surface area contributed by atoms with Crippen LogP contribution in [0.2, 0.25) is 0 Å². The predicted molar refractivity (Wildman–Crippen MR) is 82.8 cm³/mol. The van der Waals surface area contributed by atoms with Gasteiger partial charge in [-0.1, -0.05) is 13.8 Å². The van der Waals surface area contributed by atoms with Crippen LogP contribution in [0.25, 0.3) is 0 Å². The largest absolute Gasteiger partial charge is 0.465 e. The van der Waals surface area contributed by atoms with E-state index in [1.807, 2.05) is 0 Å². The lowest BCUT2D eigenvalue weighted by Crippen LogP contribution is -2.31. The Kier molecular flexibility index (Phi) is 5.24. The Bertz CT molecular complexity index is 425. The van der Waals surface area contributed by atoms with Gasteiger partial charge in [0.25, 0.3) is 0 Å². The van der Waals surface area contributed by atoms with Gasteiger partial charge in [-0.15, -0.1) is 0 Å². The molecule has 1 unspecified atom stereocenters. The van der Waals surface area contributed by atoms with Crippen LogP contribution in [0.3, 0.4) is 0 Å². The molecule has 0 aliphatic carbocycles. The van der Waals surface area contributed by atoms with Crippen molar-refractivity contribution in [3.8, 4) is 0 Å². The number of aryl methyl sites for hydroxylation is 1. The lowest BCUT2D eigenvalue weighted by molar-refractivity contribution is 0.251. The molecular weight excluding hydrogens is 250 g/mol. The number of likely N-dealkylation sites (tertiary alicyclic amines) is 1. The first kappa shape index (κ1) is 15.5. The highest BCUT2D eigenvalue weighted by molar-refractivity contribution is 5.20. The number of nitrogens with one attached hydrogen (secondary N) is 1. The van der Waals surface area contributed by atoms with Gasteiger partial charge >= 0.3 is 0 Å². The van der Waals surface area contributed by atoms with E-state index in [4.69, 9.17) is 4.42 Å². The maximum Gasteiger partial charge on any atom is 0.118 e. The Balaban J connectivity index is 1.89. The first-order valence-electron chi connectivity index (χ1n) is 7.66. The maximum absolute atomic E-state index is 5.91. The molecule has 0 amide bonds. The predicted octanol–water partition coefficient (Wildman–Crippen LogP) is 2.22. The van der Waals surface area contributed by atoms with Crippen molar-refractivity contribution in [1.82, 2.24) is 15.1 Å². The van der Waals surface area contributed by atoms with Crippen molar-refractivity contribution < 1.29 is 4.42 Å². The van der Waals surface area contributed by atoms with Gasteiger partial charge in [-0.25, -0.2) is 0 Å². The van der Waals surface area contributed by atoms with Crippen molar-refractivity contribution in [3.63, 3.8) is 0 Å². The quantitative estimate of drug-likeness (QED) is 0.865. The van der Waals surface area contributed by atoms with Crippen molar-refractivity contribution in [2.24, 2.45) is 0 Å². The summed E-state index contributed by atoms with van der Waals surface area (Å²) in [4.78, 5) is 4.81. The molecule has 1 fully saturated rings. The Morgan fingerprint density at radius 1 is 1.45 bits per heavy atom. The van der Waals surface area contributed by atoms with E-state index in [0.29, 0.717) is 12.1 Å². The molecule has 0 aromatic carbocycles. The monoisotopic (exact) mass is 279 g/mol.